The first-order chi connectivity index (χ1) is 15.8. The molecule has 0 aliphatic heterocycles. The molecule has 0 radical (unpaired) electrons. The molecule has 4 aliphatic rings. The van der Waals surface area contributed by atoms with Gasteiger partial charge >= 0.3 is 0 Å². The Morgan fingerprint density at radius 3 is 2.33 bits per heavy atom. The van der Waals surface area contributed by atoms with Gasteiger partial charge in [-0.25, -0.2) is 0 Å². The molecule has 2 N–H and O–H groups in total. The van der Waals surface area contributed by atoms with Crippen molar-refractivity contribution in [3.63, 3.8) is 0 Å². The standard InChI is InChI=1S/C27H46O2.2C2H6/c1-18(2)25(29)10-6-8-19-7-5-9-23-22-12-11-20-17-21(28)13-15-27(20,4)24(22)14-16-26(19,23)3;2*1-2/h11,18-19,21-25,28-29H,5-10,12-17H2,1-4H3;2*1-2H3. The van der Waals surface area contributed by atoms with Crippen molar-refractivity contribution in [2.24, 2.45) is 40.4 Å². The Morgan fingerprint density at radius 1 is 0.970 bits per heavy atom. The molecule has 0 bridgehead atoms. The van der Waals surface area contributed by atoms with E-state index in [9.17, 15) is 10.2 Å². The van der Waals surface area contributed by atoms with E-state index in [-0.39, 0.29) is 12.2 Å². The Bertz CT molecular complexity index is 610. The molecule has 33 heavy (non-hydrogen) atoms. The van der Waals surface area contributed by atoms with Crippen LogP contribution in [0.1, 0.15) is 132 Å². The number of hydrogen-bond donors (Lipinski definition) is 2. The lowest BCUT2D eigenvalue weighted by Gasteiger charge is -2.62. The fourth-order valence-corrected chi connectivity index (χ4v) is 8.33. The van der Waals surface area contributed by atoms with E-state index in [1.165, 1.54) is 57.8 Å². The minimum atomic E-state index is -0.124. The molecular weight excluding hydrogens is 404 g/mol. The molecule has 0 amide bonds. The maximum absolute atomic E-state index is 10.2. The second-order valence-corrected chi connectivity index (χ2v) is 12.1. The van der Waals surface area contributed by atoms with Crippen LogP contribution in [0.4, 0.5) is 0 Å². The summed E-state index contributed by atoms with van der Waals surface area (Å²) in [7, 11) is 0. The highest BCUT2D eigenvalue weighted by Crippen LogP contribution is 2.65. The molecule has 8 atom stereocenters. The normalized spacial score (nSPS) is 40.6. The van der Waals surface area contributed by atoms with Crippen LogP contribution in [0.25, 0.3) is 0 Å². The number of allylic oxidation sites excluding steroid dienone is 1. The van der Waals surface area contributed by atoms with Crippen molar-refractivity contribution in [2.75, 3.05) is 0 Å². The van der Waals surface area contributed by atoms with Gasteiger partial charge in [-0.15, -0.1) is 0 Å². The van der Waals surface area contributed by atoms with E-state index in [1.54, 1.807) is 5.57 Å². The average Bonchev–Trinajstić information content (AvgIpc) is 2.82. The Kier molecular flexibility index (Phi) is 11.0. The number of aliphatic hydroxyl groups is 2. The van der Waals surface area contributed by atoms with Gasteiger partial charge < -0.3 is 10.2 Å². The molecule has 0 saturated heterocycles. The van der Waals surface area contributed by atoms with E-state index in [0.717, 1.165) is 42.9 Å². The molecule has 2 nitrogen and oxygen atoms in total. The van der Waals surface area contributed by atoms with E-state index in [1.807, 2.05) is 27.7 Å². The summed E-state index contributed by atoms with van der Waals surface area (Å²) in [6, 6.07) is 0. The van der Waals surface area contributed by atoms with Crippen LogP contribution < -0.4 is 0 Å². The van der Waals surface area contributed by atoms with Crippen molar-refractivity contribution in [1.82, 2.24) is 0 Å². The van der Waals surface area contributed by atoms with Gasteiger partial charge in [0.15, 0.2) is 0 Å². The molecule has 4 aliphatic carbocycles. The molecule has 3 fully saturated rings. The van der Waals surface area contributed by atoms with Gasteiger partial charge in [0.25, 0.3) is 0 Å². The lowest BCUT2D eigenvalue weighted by atomic mass is 9.43. The van der Waals surface area contributed by atoms with Crippen molar-refractivity contribution in [1.29, 1.82) is 0 Å². The van der Waals surface area contributed by atoms with Gasteiger partial charge in [0.1, 0.15) is 0 Å². The predicted octanol–water partition coefficient (Wildman–Crippen LogP) is 8.56. The maximum Gasteiger partial charge on any atom is 0.0577 e. The SMILES string of the molecule is CC.CC.CC(C)C(O)CCCC1CCCC2C3CC=C4CC(O)CCC4(C)C3CCC12C. The number of rotatable bonds is 5. The average molecular weight is 463 g/mol. The lowest BCUT2D eigenvalue weighted by molar-refractivity contribution is -0.0992. The summed E-state index contributed by atoms with van der Waals surface area (Å²) in [4.78, 5) is 0. The van der Waals surface area contributed by atoms with Crippen LogP contribution in [0.2, 0.25) is 0 Å². The molecule has 0 aromatic rings. The van der Waals surface area contributed by atoms with Crippen molar-refractivity contribution in [2.45, 2.75) is 145 Å². The van der Waals surface area contributed by atoms with Gasteiger partial charge in [0.05, 0.1) is 12.2 Å². The van der Waals surface area contributed by atoms with Gasteiger partial charge in [0.2, 0.25) is 0 Å². The quantitative estimate of drug-likeness (QED) is 0.402. The Balaban J connectivity index is 0.000000914. The first-order valence-electron chi connectivity index (χ1n) is 14.8. The maximum atomic E-state index is 10.2. The van der Waals surface area contributed by atoms with Crippen molar-refractivity contribution >= 4 is 0 Å². The first kappa shape index (κ1) is 28.9. The zero-order valence-electron chi connectivity index (χ0n) is 23.5. The highest BCUT2D eigenvalue weighted by atomic mass is 16.3. The van der Waals surface area contributed by atoms with Crippen LogP contribution in [0.15, 0.2) is 11.6 Å². The predicted molar refractivity (Wildman–Crippen MR) is 143 cm³/mol. The zero-order valence-corrected chi connectivity index (χ0v) is 23.5. The van der Waals surface area contributed by atoms with Crippen LogP contribution in [0.3, 0.4) is 0 Å². The lowest BCUT2D eigenvalue weighted by Crippen LogP contribution is -2.53. The van der Waals surface area contributed by atoms with Crippen LogP contribution >= 0.6 is 0 Å². The number of fused-ring (bicyclic) bond motifs is 5. The summed E-state index contributed by atoms with van der Waals surface area (Å²) < 4.78 is 0. The fourth-order valence-electron chi connectivity index (χ4n) is 8.33. The van der Waals surface area contributed by atoms with E-state index in [4.69, 9.17) is 0 Å². The second-order valence-electron chi connectivity index (χ2n) is 12.1. The van der Waals surface area contributed by atoms with Gasteiger partial charge in [-0.3, -0.25) is 0 Å². The molecule has 0 spiro atoms. The van der Waals surface area contributed by atoms with E-state index >= 15 is 0 Å². The third-order valence-corrected chi connectivity index (χ3v) is 10.3. The molecule has 8 unspecified atom stereocenters. The third kappa shape index (κ3) is 5.91. The molecule has 4 rings (SSSR count). The summed E-state index contributed by atoms with van der Waals surface area (Å²) in [5.41, 5.74) is 2.46. The Hall–Kier alpha value is -0.340. The zero-order chi connectivity index (χ0) is 24.8. The van der Waals surface area contributed by atoms with Gasteiger partial charge in [0, 0.05) is 0 Å². The summed E-state index contributed by atoms with van der Waals surface area (Å²) in [5.74, 6) is 3.83. The summed E-state index contributed by atoms with van der Waals surface area (Å²) >= 11 is 0. The third-order valence-electron chi connectivity index (χ3n) is 10.3. The summed E-state index contributed by atoms with van der Waals surface area (Å²) in [6.07, 6.45) is 17.3. The van der Waals surface area contributed by atoms with Crippen LogP contribution in [0.5, 0.6) is 0 Å². The van der Waals surface area contributed by atoms with Crippen LogP contribution in [0, 0.1) is 40.4 Å². The highest BCUT2D eigenvalue weighted by molar-refractivity contribution is 5.25. The van der Waals surface area contributed by atoms with E-state index < -0.39 is 0 Å². The topological polar surface area (TPSA) is 40.5 Å². The van der Waals surface area contributed by atoms with Crippen LogP contribution in [-0.4, -0.2) is 22.4 Å². The highest BCUT2D eigenvalue weighted by Gasteiger charge is 2.56. The Morgan fingerprint density at radius 2 is 1.67 bits per heavy atom. The molecule has 3 saturated carbocycles. The minimum absolute atomic E-state index is 0.0972. The van der Waals surface area contributed by atoms with Crippen molar-refractivity contribution in [3.05, 3.63) is 11.6 Å². The molecular formula is C31H58O2. The van der Waals surface area contributed by atoms with E-state index in [0.29, 0.717) is 16.7 Å². The minimum Gasteiger partial charge on any atom is -0.393 e. The van der Waals surface area contributed by atoms with Gasteiger partial charge in [-0.1, -0.05) is 79.9 Å². The van der Waals surface area contributed by atoms with Gasteiger partial charge in [-0.2, -0.15) is 0 Å². The fraction of sp³-hybridized carbons (Fsp3) is 0.935. The van der Waals surface area contributed by atoms with Crippen molar-refractivity contribution in [3.8, 4) is 0 Å². The first-order valence-corrected chi connectivity index (χ1v) is 14.8. The second kappa shape index (κ2) is 12.6. The smallest absolute Gasteiger partial charge is 0.0577 e. The van der Waals surface area contributed by atoms with Gasteiger partial charge in [-0.05, 0) is 105 Å². The Labute approximate surface area is 207 Å². The molecule has 0 aromatic carbocycles. The monoisotopic (exact) mass is 462 g/mol. The largest absolute Gasteiger partial charge is 0.393 e. The molecule has 0 aromatic heterocycles. The number of aliphatic hydroxyl groups excluding tert-OH is 2. The summed E-state index contributed by atoms with van der Waals surface area (Å²) in [5, 5.41) is 20.5. The summed E-state index contributed by atoms with van der Waals surface area (Å²) in [6.45, 7) is 17.5. The number of hydrogen-bond acceptors (Lipinski definition) is 2. The molecule has 0 heterocycles. The van der Waals surface area contributed by atoms with Crippen molar-refractivity contribution < 1.29 is 10.2 Å². The molecule has 2 heteroatoms. The van der Waals surface area contributed by atoms with E-state index in [2.05, 4.69) is 33.8 Å². The molecule has 194 valence electrons. The van der Waals surface area contributed by atoms with Crippen LogP contribution in [-0.2, 0) is 0 Å².